The van der Waals surface area contributed by atoms with Crippen LogP contribution in [0.5, 0.6) is 0 Å². The summed E-state index contributed by atoms with van der Waals surface area (Å²) in [5.41, 5.74) is 0. The monoisotopic (exact) mass is 187 g/mol. The van der Waals surface area contributed by atoms with Gasteiger partial charge in [-0.25, -0.2) is 0 Å². The number of aliphatic hydroxyl groups excluding tert-OH is 1. The van der Waals surface area contributed by atoms with Gasteiger partial charge in [-0.3, -0.25) is 4.90 Å². The molecule has 2 atom stereocenters. The van der Waals surface area contributed by atoms with Gasteiger partial charge in [0.05, 0.1) is 19.3 Å². The maximum absolute atomic E-state index is 9.52. The Kier molecular flexibility index (Phi) is 2.83. The highest BCUT2D eigenvalue weighted by atomic mass is 16.7. The van der Waals surface area contributed by atoms with Crippen LogP contribution in [0.25, 0.3) is 0 Å². The molecule has 0 aromatic rings. The molecule has 76 valence electrons. The van der Waals surface area contributed by atoms with Crippen molar-refractivity contribution in [2.24, 2.45) is 0 Å². The van der Waals surface area contributed by atoms with Crippen LogP contribution in [0.3, 0.4) is 0 Å². The first-order valence-corrected chi connectivity index (χ1v) is 4.92. The molecule has 2 heterocycles. The molecule has 0 radical (unpaired) electrons. The molecule has 13 heavy (non-hydrogen) atoms. The largest absolute Gasteiger partial charge is 0.391 e. The first kappa shape index (κ1) is 9.40. The highest BCUT2D eigenvalue weighted by molar-refractivity contribution is 4.84. The summed E-state index contributed by atoms with van der Waals surface area (Å²) in [6, 6.07) is 0.243. The van der Waals surface area contributed by atoms with E-state index in [0.717, 1.165) is 19.5 Å². The fourth-order valence-electron chi connectivity index (χ4n) is 1.95. The molecule has 0 aromatic heterocycles. The third kappa shape index (κ3) is 2.02. The second kappa shape index (κ2) is 3.92. The summed E-state index contributed by atoms with van der Waals surface area (Å²) in [7, 11) is 0. The van der Waals surface area contributed by atoms with Crippen LogP contribution in [0.4, 0.5) is 0 Å². The minimum absolute atomic E-state index is 0.0762. The van der Waals surface area contributed by atoms with Crippen molar-refractivity contribution in [2.45, 2.75) is 31.8 Å². The third-order valence-corrected chi connectivity index (χ3v) is 2.92. The lowest BCUT2D eigenvalue weighted by Gasteiger charge is -2.24. The average Bonchev–Trinajstić information content (AvgIpc) is 2.71. The normalized spacial score (nSPS) is 37.4. The zero-order valence-electron chi connectivity index (χ0n) is 7.98. The van der Waals surface area contributed by atoms with Crippen LogP contribution < -0.4 is 0 Å². The van der Waals surface area contributed by atoms with Crippen molar-refractivity contribution >= 4 is 0 Å². The Labute approximate surface area is 78.4 Å². The number of ether oxygens (including phenoxy) is 2. The van der Waals surface area contributed by atoms with Gasteiger partial charge in [0.2, 0.25) is 0 Å². The SMILES string of the molecule is C[C@H]1[C@H](O)CCN1CC1OCCO1. The molecule has 2 aliphatic rings. The molecule has 0 amide bonds. The van der Waals surface area contributed by atoms with E-state index in [4.69, 9.17) is 9.47 Å². The van der Waals surface area contributed by atoms with Crippen LogP contribution in [0.15, 0.2) is 0 Å². The van der Waals surface area contributed by atoms with Gasteiger partial charge < -0.3 is 14.6 Å². The minimum atomic E-state index is -0.179. The van der Waals surface area contributed by atoms with Crippen molar-refractivity contribution < 1.29 is 14.6 Å². The second-order valence-electron chi connectivity index (χ2n) is 3.76. The average molecular weight is 187 g/mol. The maximum atomic E-state index is 9.52. The molecule has 0 bridgehead atoms. The molecule has 2 aliphatic heterocycles. The Morgan fingerprint density at radius 3 is 2.62 bits per heavy atom. The second-order valence-corrected chi connectivity index (χ2v) is 3.76. The molecule has 0 spiro atoms. The number of hydrogen-bond donors (Lipinski definition) is 1. The van der Waals surface area contributed by atoms with Crippen LogP contribution in [0.2, 0.25) is 0 Å². The van der Waals surface area contributed by atoms with Gasteiger partial charge >= 0.3 is 0 Å². The van der Waals surface area contributed by atoms with Gasteiger partial charge in [0, 0.05) is 19.1 Å². The topological polar surface area (TPSA) is 41.9 Å². The van der Waals surface area contributed by atoms with Crippen LogP contribution in [0.1, 0.15) is 13.3 Å². The van der Waals surface area contributed by atoms with Crippen LogP contribution >= 0.6 is 0 Å². The predicted octanol–water partition coefficient (Wildman–Crippen LogP) is -0.186. The third-order valence-electron chi connectivity index (χ3n) is 2.92. The Morgan fingerprint density at radius 2 is 2.08 bits per heavy atom. The van der Waals surface area contributed by atoms with Gasteiger partial charge in [0.1, 0.15) is 0 Å². The van der Waals surface area contributed by atoms with E-state index in [-0.39, 0.29) is 18.4 Å². The lowest BCUT2D eigenvalue weighted by molar-refractivity contribution is -0.0656. The Bertz CT molecular complexity index is 170. The van der Waals surface area contributed by atoms with Crippen molar-refractivity contribution in [3.05, 3.63) is 0 Å². The molecule has 2 saturated heterocycles. The van der Waals surface area contributed by atoms with Crippen molar-refractivity contribution in [1.29, 1.82) is 0 Å². The Hall–Kier alpha value is -0.160. The van der Waals surface area contributed by atoms with Crippen molar-refractivity contribution in [3.8, 4) is 0 Å². The summed E-state index contributed by atoms with van der Waals surface area (Å²) < 4.78 is 10.7. The van der Waals surface area contributed by atoms with Crippen LogP contribution in [-0.4, -0.2) is 54.7 Å². The number of hydrogen-bond acceptors (Lipinski definition) is 4. The van der Waals surface area contributed by atoms with Gasteiger partial charge in [-0.15, -0.1) is 0 Å². The molecule has 4 heteroatoms. The molecule has 0 aliphatic carbocycles. The first-order chi connectivity index (χ1) is 6.27. The molecule has 4 nitrogen and oxygen atoms in total. The van der Waals surface area contributed by atoms with E-state index in [0.29, 0.717) is 13.2 Å². The number of nitrogens with zero attached hydrogens (tertiary/aromatic N) is 1. The highest BCUT2D eigenvalue weighted by Crippen LogP contribution is 2.19. The number of likely N-dealkylation sites (tertiary alicyclic amines) is 1. The summed E-state index contributed by atoms with van der Waals surface area (Å²) >= 11 is 0. The molecule has 1 N–H and O–H groups in total. The van der Waals surface area contributed by atoms with E-state index in [1.807, 2.05) is 6.92 Å². The van der Waals surface area contributed by atoms with Crippen molar-refractivity contribution in [2.75, 3.05) is 26.3 Å². The summed E-state index contributed by atoms with van der Waals surface area (Å²) in [5.74, 6) is 0. The smallest absolute Gasteiger partial charge is 0.170 e. The first-order valence-electron chi connectivity index (χ1n) is 4.92. The summed E-state index contributed by atoms with van der Waals surface area (Å²) in [6.45, 7) is 5.20. The van der Waals surface area contributed by atoms with Crippen molar-refractivity contribution in [3.63, 3.8) is 0 Å². The maximum Gasteiger partial charge on any atom is 0.170 e. The van der Waals surface area contributed by atoms with E-state index in [1.165, 1.54) is 0 Å². The standard InChI is InChI=1S/C9H17NO3/c1-7-8(11)2-3-10(7)6-9-12-4-5-13-9/h7-9,11H,2-6H2,1H3/t7-,8+/m0/s1. The summed E-state index contributed by atoms with van der Waals surface area (Å²) in [6.07, 6.45) is 0.614. The van der Waals surface area contributed by atoms with Gasteiger partial charge in [0.25, 0.3) is 0 Å². The van der Waals surface area contributed by atoms with Gasteiger partial charge in [0.15, 0.2) is 6.29 Å². The molecular weight excluding hydrogens is 170 g/mol. The van der Waals surface area contributed by atoms with Gasteiger partial charge in [-0.2, -0.15) is 0 Å². The Morgan fingerprint density at radius 1 is 1.38 bits per heavy atom. The lowest BCUT2D eigenvalue weighted by Crippen LogP contribution is -2.38. The molecule has 2 fully saturated rings. The lowest BCUT2D eigenvalue weighted by atomic mass is 10.2. The van der Waals surface area contributed by atoms with E-state index in [1.54, 1.807) is 0 Å². The Balaban J connectivity index is 1.81. The zero-order chi connectivity index (χ0) is 9.26. The fraction of sp³-hybridized carbons (Fsp3) is 1.00. The van der Waals surface area contributed by atoms with E-state index < -0.39 is 0 Å². The number of aliphatic hydroxyl groups is 1. The van der Waals surface area contributed by atoms with Crippen LogP contribution in [0, 0.1) is 0 Å². The highest BCUT2D eigenvalue weighted by Gasteiger charge is 2.31. The summed E-state index contributed by atoms with van der Waals surface area (Å²) in [4.78, 5) is 2.22. The van der Waals surface area contributed by atoms with E-state index >= 15 is 0 Å². The van der Waals surface area contributed by atoms with Crippen molar-refractivity contribution in [1.82, 2.24) is 4.90 Å². The zero-order valence-corrected chi connectivity index (χ0v) is 7.98. The summed E-state index contributed by atoms with van der Waals surface area (Å²) in [5, 5.41) is 9.52. The predicted molar refractivity (Wildman–Crippen MR) is 47.4 cm³/mol. The number of rotatable bonds is 2. The minimum Gasteiger partial charge on any atom is -0.391 e. The molecule has 0 aromatic carbocycles. The van der Waals surface area contributed by atoms with Gasteiger partial charge in [-0.05, 0) is 13.3 Å². The molecule has 2 rings (SSSR count). The van der Waals surface area contributed by atoms with Gasteiger partial charge in [-0.1, -0.05) is 0 Å². The van der Waals surface area contributed by atoms with E-state index in [9.17, 15) is 5.11 Å². The van der Waals surface area contributed by atoms with Crippen LogP contribution in [-0.2, 0) is 9.47 Å². The molecule has 0 saturated carbocycles. The fourth-order valence-corrected chi connectivity index (χ4v) is 1.95. The van der Waals surface area contributed by atoms with E-state index in [2.05, 4.69) is 4.90 Å². The quantitative estimate of drug-likeness (QED) is 0.651. The molecular formula is C9H17NO3. The molecule has 0 unspecified atom stereocenters.